The summed E-state index contributed by atoms with van der Waals surface area (Å²) >= 11 is 1.75. The summed E-state index contributed by atoms with van der Waals surface area (Å²) in [5.74, 6) is 0.0389. The Labute approximate surface area is 226 Å². The molecule has 0 saturated heterocycles. The van der Waals surface area contributed by atoms with E-state index in [1.54, 1.807) is 11.3 Å². The first-order valence-corrected chi connectivity index (χ1v) is 14.1. The number of amides is 1. The monoisotopic (exact) mass is 518 g/mol. The predicted octanol–water partition coefficient (Wildman–Crippen LogP) is 6.47. The van der Waals surface area contributed by atoms with Gasteiger partial charge in [0.1, 0.15) is 11.2 Å². The predicted molar refractivity (Wildman–Crippen MR) is 155 cm³/mol. The largest absolute Gasteiger partial charge is 0.353 e. The molecule has 2 aliphatic heterocycles. The second-order valence-electron chi connectivity index (χ2n) is 10.3. The van der Waals surface area contributed by atoms with E-state index < -0.39 is 0 Å². The van der Waals surface area contributed by atoms with Gasteiger partial charge in [-0.3, -0.25) is 9.69 Å². The lowest BCUT2D eigenvalue weighted by atomic mass is 9.99. The van der Waals surface area contributed by atoms with E-state index in [2.05, 4.69) is 112 Å². The van der Waals surface area contributed by atoms with Gasteiger partial charge in [0, 0.05) is 53.2 Å². The van der Waals surface area contributed by atoms with Gasteiger partial charge in [-0.2, -0.15) is 0 Å². The lowest BCUT2D eigenvalue weighted by molar-refractivity contribution is 0.0934. The van der Waals surface area contributed by atoms with Crippen molar-refractivity contribution in [3.63, 3.8) is 0 Å². The molecule has 1 unspecified atom stereocenters. The Morgan fingerprint density at radius 3 is 2.32 bits per heavy atom. The van der Waals surface area contributed by atoms with E-state index in [1.165, 1.54) is 38.2 Å². The third kappa shape index (κ3) is 4.01. The molecular formula is C32H30N4OS. The molecule has 190 valence electrons. The van der Waals surface area contributed by atoms with Gasteiger partial charge in [-0.1, -0.05) is 78.9 Å². The van der Waals surface area contributed by atoms with E-state index in [9.17, 15) is 4.79 Å². The SMILES string of the molecule is Cc1c(C2NC(=O)c3c(sc4c3CCN(Cc3ccccc3)C4)N2)c2ccccc2n1Cc1ccccc1. The van der Waals surface area contributed by atoms with Crippen molar-refractivity contribution in [1.82, 2.24) is 14.8 Å². The van der Waals surface area contributed by atoms with Crippen LogP contribution in [0.5, 0.6) is 0 Å². The van der Waals surface area contributed by atoms with Crippen molar-refractivity contribution < 1.29 is 4.79 Å². The third-order valence-corrected chi connectivity index (χ3v) is 9.06. The van der Waals surface area contributed by atoms with Crippen LogP contribution in [0.4, 0.5) is 5.00 Å². The number of carbonyl (C=O) groups excluding carboxylic acids is 1. The average Bonchev–Trinajstić information content (AvgIpc) is 3.44. The molecule has 0 saturated carbocycles. The number of aromatic nitrogens is 1. The van der Waals surface area contributed by atoms with Gasteiger partial charge in [0.15, 0.2) is 0 Å². The zero-order valence-corrected chi connectivity index (χ0v) is 22.2. The zero-order chi connectivity index (χ0) is 25.6. The second-order valence-corrected chi connectivity index (χ2v) is 11.4. The summed E-state index contributed by atoms with van der Waals surface area (Å²) in [5.41, 5.74) is 8.17. The number of thiophene rings is 1. The minimum atomic E-state index is -0.266. The summed E-state index contributed by atoms with van der Waals surface area (Å²) in [7, 11) is 0. The minimum Gasteiger partial charge on any atom is -0.353 e. The van der Waals surface area contributed by atoms with Crippen molar-refractivity contribution in [2.45, 2.75) is 39.1 Å². The molecule has 0 spiro atoms. The zero-order valence-electron chi connectivity index (χ0n) is 21.4. The number of rotatable bonds is 5. The molecule has 3 aromatic carbocycles. The Morgan fingerprint density at radius 1 is 0.868 bits per heavy atom. The summed E-state index contributed by atoms with van der Waals surface area (Å²) in [5, 5.41) is 9.23. The number of fused-ring (bicyclic) bond motifs is 4. The highest BCUT2D eigenvalue weighted by Crippen LogP contribution is 2.42. The minimum absolute atomic E-state index is 0.0389. The first kappa shape index (κ1) is 23.3. The topological polar surface area (TPSA) is 49.3 Å². The smallest absolute Gasteiger partial charge is 0.256 e. The van der Waals surface area contributed by atoms with Gasteiger partial charge >= 0.3 is 0 Å². The highest BCUT2D eigenvalue weighted by molar-refractivity contribution is 7.16. The summed E-state index contributed by atoms with van der Waals surface area (Å²) < 4.78 is 2.37. The fourth-order valence-electron chi connectivity index (χ4n) is 6.08. The molecule has 0 aliphatic carbocycles. The molecule has 5 nitrogen and oxygen atoms in total. The summed E-state index contributed by atoms with van der Waals surface area (Å²) in [6.45, 7) is 5.75. The molecular weight excluding hydrogens is 488 g/mol. The van der Waals surface area contributed by atoms with Gasteiger partial charge < -0.3 is 15.2 Å². The van der Waals surface area contributed by atoms with Crippen LogP contribution in [0.1, 0.15) is 49.3 Å². The van der Waals surface area contributed by atoms with Crippen molar-refractivity contribution in [3.05, 3.63) is 123 Å². The molecule has 7 rings (SSSR count). The number of benzene rings is 3. The van der Waals surface area contributed by atoms with Crippen LogP contribution in [0, 0.1) is 6.92 Å². The maximum Gasteiger partial charge on any atom is 0.256 e. The quantitative estimate of drug-likeness (QED) is 0.280. The van der Waals surface area contributed by atoms with E-state index in [0.29, 0.717) is 0 Å². The highest BCUT2D eigenvalue weighted by Gasteiger charge is 2.35. The van der Waals surface area contributed by atoms with Crippen molar-refractivity contribution in [3.8, 4) is 0 Å². The fourth-order valence-corrected chi connectivity index (χ4v) is 7.40. The molecule has 6 heteroatoms. The normalized spacial score (nSPS) is 17.1. The van der Waals surface area contributed by atoms with E-state index in [1.807, 2.05) is 0 Å². The number of carbonyl (C=O) groups is 1. The second kappa shape index (κ2) is 9.46. The van der Waals surface area contributed by atoms with Crippen LogP contribution in [0.15, 0.2) is 84.9 Å². The fraction of sp³-hybridized carbons (Fsp3) is 0.219. The first-order valence-electron chi connectivity index (χ1n) is 13.3. The van der Waals surface area contributed by atoms with Gasteiger partial charge in [-0.05, 0) is 36.1 Å². The molecule has 1 atom stereocenters. The van der Waals surface area contributed by atoms with Crippen LogP contribution in [0.25, 0.3) is 10.9 Å². The maximum absolute atomic E-state index is 13.6. The van der Waals surface area contributed by atoms with Gasteiger partial charge in [-0.25, -0.2) is 0 Å². The highest BCUT2D eigenvalue weighted by atomic mass is 32.1. The van der Waals surface area contributed by atoms with Crippen LogP contribution >= 0.6 is 11.3 Å². The molecule has 2 aromatic heterocycles. The van der Waals surface area contributed by atoms with Crippen molar-refractivity contribution >= 4 is 33.1 Å². The van der Waals surface area contributed by atoms with Crippen LogP contribution < -0.4 is 10.6 Å². The molecule has 1 amide bonds. The number of nitrogens with one attached hydrogen (secondary N) is 2. The number of hydrogen-bond donors (Lipinski definition) is 2. The third-order valence-electron chi connectivity index (χ3n) is 7.91. The average molecular weight is 519 g/mol. The lowest BCUT2D eigenvalue weighted by Gasteiger charge is -2.29. The standard InChI is InChI=1S/C32H30N4OS/c1-21-28(24-14-8-9-15-26(24)36(21)19-23-12-6-3-7-13-23)30-33-31(37)29-25-16-17-35(18-22-10-4-2-5-11-22)20-27(25)38-32(29)34-30/h2-15,30,34H,16-20H2,1H3,(H,33,37). The van der Waals surface area contributed by atoms with E-state index >= 15 is 0 Å². The van der Waals surface area contributed by atoms with Gasteiger partial charge in [-0.15, -0.1) is 11.3 Å². The van der Waals surface area contributed by atoms with E-state index in [4.69, 9.17) is 0 Å². The van der Waals surface area contributed by atoms with E-state index in [-0.39, 0.29) is 12.1 Å². The van der Waals surface area contributed by atoms with Gasteiger partial charge in [0.2, 0.25) is 0 Å². The van der Waals surface area contributed by atoms with Gasteiger partial charge in [0.25, 0.3) is 5.91 Å². The van der Waals surface area contributed by atoms with Gasteiger partial charge in [0.05, 0.1) is 5.56 Å². The molecule has 0 radical (unpaired) electrons. The lowest BCUT2D eigenvalue weighted by Crippen LogP contribution is -2.39. The van der Waals surface area contributed by atoms with Crippen molar-refractivity contribution in [2.75, 3.05) is 11.9 Å². The number of hydrogen-bond acceptors (Lipinski definition) is 4. The van der Waals surface area contributed by atoms with Crippen molar-refractivity contribution in [1.29, 1.82) is 0 Å². The molecule has 2 N–H and O–H groups in total. The molecule has 0 bridgehead atoms. The maximum atomic E-state index is 13.6. The Kier molecular flexibility index (Phi) is 5.79. The van der Waals surface area contributed by atoms with Crippen molar-refractivity contribution in [2.24, 2.45) is 0 Å². The first-order chi connectivity index (χ1) is 18.7. The Hall–Kier alpha value is -3.87. The van der Waals surface area contributed by atoms with Crippen LogP contribution in [-0.2, 0) is 26.1 Å². The molecule has 38 heavy (non-hydrogen) atoms. The summed E-state index contributed by atoms with van der Waals surface area (Å²) in [6.07, 6.45) is 0.640. The van der Waals surface area contributed by atoms with Crippen LogP contribution in [-0.4, -0.2) is 21.9 Å². The summed E-state index contributed by atoms with van der Waals surface area (Å²) in [4.78, 5) is 17.3. The molecule has 2 aliphatic rings. The molecule has 0 fully saturated rings. The number of nitrogens with zero attached hydrogens (tertiary/aromatic N) is 2. The Bertz CT molecular complexity index is 1640. The summed E-state index contributed by atoms with van der Waals surface area (Å²) in [6, 6.07) is 29.7. The molecule has 4 heterocycles. The van der Waals surface area contributed by atoms with Crippen LogP contribution in [0.2, 0.25) is 0 Å². The Morgan fingerprint density at radius 2 is 1.55 bits per heavy atom. The van der Waals surface area contributed by atoms with E-state index in [0.717, 1.165) is 48.7 Å². The molecule has 5 aromatic rings. The Balaban J connectivity index is 1.20. The van der Waals surface area contributed by atoms with Crippen LogP contribution in [0.3, 0.4) is 0 Å². The number of para-hydroxylation sites is 1. The number of anilines is 1.